The number of thioether (sulfide) groups is 1. The van der Waals surface area contributed by atoms with E-state index in [4.69, 9.17) is 0 Å². The van der Waals surface area contributed by atoms with Crippen LogP contribution in [-0.2, 0) is 4.79 Å². The molecule has 78 valence electrons. The maximum absolute atomic E-state index is 10.8. The lowest BCUT2D eigenvalue weighted by Gasteiger charge is -2.02. The van der Waals surface area contributed by atoms with Gasteiger partial charge in [0.15, 0.2) is 0 Å². The van der Waals surface area contributed by atoms with Crippen LogP contribution in [0.4, 0.5) is 5.69 Å². The first-order chi connectivity index (χ1) is 7.22. The summed E-state index contributed by atoms with van der Waals surface area (Å²) < 4.78 is 0. The third kappa shape index (κ3) is 4.57. The molecule has 1 amide bonds. The molecule has 0 spiro atoms. The Morgan fingerprint density at radius 3 is 2.60 bits per heavy atom. The molecule has 0 heterocycles. The topological polar surface area (TPSA) is 29.1 Å². The quantitative estimate of drug-likeness (QED) is 0.625. The second-order valence-corrected chi connectivity index (χ2v) is 3.97. The van der Waals surface area contributed by atoms with Crippen molar-refractivity contribution >= 4 is 23.4 Å². The van der Waals surface area contributed by atoms with Crippen LogP contribution in [0.15, 0.2) is 29.2 Å². The van der Waals surface area contributed by atoms with Crippen LogP contribution in [0.25, 0.3) is 0 Å². The Morgan fingerprint density at radius 1 is 1.40 bits per heavy atom. The maximum Gasteiger partial charge on any atom is 0.221 e. The number of rotatable bonds is 3. The van der Waals surface area contributed by atoms with E-state index in [9.17, 15) is 4.79 Å². The Hall–Kier alpha value is -1.40. The molecule has 1 rings (SSSR count). The van der Waals surface area contributed by atoms with Gasteiger partial charge in [-0.25, -0.2) is 0 Å². The first-order valence-corrected chi connectivity index (χ1v) is 5.61. The van der Waals surface area contributed by atoms with Crippen LogP contribution in [0.1, 0.15) is 13.8 Å². The molecule has 0 aliphatic carbocycles. The van der Waals surface area contributed by atoms with Crippen LogP contribution in [0, 0.1) is 11.8 Å². The number of nitrogens with one attached hydrogen (secondary N) is 1. The predicted molar refractivity (Wildman–Crippen MR) is 64.9 cm³/mol. The fraction of sp³-hybridized carbons (Fsp3) is 0.250. The van der Waals surface area contributed by atoms with Crippen LogP contribution in [0.5, 0.6) is 0 Å². The average molecular weight is 219 g/mol. The van der Waals surface area contributed by atoms with Gasteiger partial charge in [0.1, 0.15) is 0 Å². The van der Waals surface area contributed by atoms with Crippen molar-refractivity contribution < 1.29 is 4.79 Å². The van der Waals surface area contributed by atoms with E-state index in [1.807, 2.05) is 31.2 Å². The lowest BCUT2D eigenvalue weighted by atomic mass is 10.3. The Bertz CT molecular complexity index is 386. The molecule has 0 aliphatic rings. The number of anilines is 1. The number of amides is 1. The van der Waals surface area contributed by atoms with Gasteiger partial charge in [-0.15, -0.1) is 17.7 Å². The molecule has 0 fully saturated rings. The smallest absolute Gasteiger partial charge is 0.221 e. The van der Waals surface area contributed by atoms with Gasteiger partial charge < -0.3 is 5.32 Å². The molecule has 0 aliphatic heterocycles. The second-order valence-electron chi connectivity index (χ2n) is 2.92. The van der Waals surface area contributed by atoms with Crippen molar-refractivity contribution in [1.29, 1.82) is 0 Å². The monoisotopic (exact) mass is 219 g/mol. The van der Waals surface area contributed by atoms with Crippen LogP contribution >= 0.6 is 11.8 Å². The van der Waals surface area contributed by atoms with Crippen molar-refractivity contribution in [2.45, 2.75) is 18.7 Å². The zero-order valence-corrected chi connectivity index (χ0v) is 9.65. The van der Waals surface area contributed by atoms with Crippen molar-refractivity contribution in [2.24, 2.45) is 0 Å². The van der Waals surface area contributed by atoms with Crippen molar-refractivity contribution in [1.82, 2.24) is 0 Å². The molecule has 0 unspecified atom stereocenters. The van der Waals surface area contributed by atoms with E-state index in [1.165, 1.54) is 6.92 Å². The summed E-state index contributed by atoms with van der Waals surface area (Å²) in [6.07, 6.45) is 0. The van der Waals surface area contributed by atoms with Crippen LogP contribution in [0.2, 0.25) is 0 Å². The molecule has 1 aromatic rings. The van der Waals surface area contributed by atoms with Crippen molar-refractivity contribution in [3.8, 4) is 11.8 Å². The molecule has 2 nitrogen and oxygen atoms in total. The highest BCUT2D eigenvalue weighted by Crippen LogP contribution is 2.19. The van der Waals surface area contributed by atoms with Gasteiger partial charge in [-0.2, -0.15) is 0 Å². The number of hydrogen-bond donors (Lipinski definition) is 1. The molecule has 1 N–H and O–H groups in total. The average Bonchev–Trinajstić information content (AvgIpc) is 2.20. The van der Waals surface area contributed by atoms with Gasteiger partial charge in [-0.1, -0.05) is 5.92 Å². The first-order valence-electron chi connectivity index (χ1n) is 4.62. The zero-order valence-electron chi connectivity index (χ0n) is 8.83. The summed E-state index contributed by atoms with van der Waals surface area (Å²) in [4.78, 5) is 11.9. The van der Waals surface area contributed by atoms with Crippen molar-refractivity contribution in [2.75, 3.05) is 11.1 Å². The Balaban J connectivity index is 2.54. The van der Waals surface area contributed by atoms with Gasteiger partial charge in [-0.05, 0) is 31.2 Å². The number of hydrogen-bond acceptors (Lipinski definition) is 2. The number of carbonyl (C=O) groups excluding carboxylic acids is 1. The second kappa shape index (κ2) is 6.15. The predicted octanol–water partition coefficient (Wildman–Crippen LogP) is 2.76. The van der Waals surface area contributed by atoms with Crippen molar-refractivity contribution in [3.63, 3.8) is 0 Å². The summed E-state index contributed by atoms with van der Waals surface area (Å²) >= 11 is 1.69. The Kier molecular flexibility index (Phi) is 4.79. The molecule has 0 radical (unpaired) electrons. The minimum atomic E-state index is -0.0488. The number of carbonyl (C=O) groups is 1. The van der Waals surface area contributed by atoms with Gasteiger partial charge >= 0.3 is 0 Å². The van der Waals surface area contributed by atoms with E-state index < -0.39 is 0 Å². The van der Waals surface area contributed by atoms with Gasteiger partial charge in [-0.3, -0.25) is 4.79 Å². The SMILES string of the molecule is CC#CCSc1ccc(NC(C)=O)cc1. The molecule has 0 aromatic heterocycles. The molecule has 1 aromatic carbocycles. The van der Waals surface area contributed by atoms with Crippen molar-refractivity contribution in [3.05, 3.63) is 24.3 Å². The summed E-state index contributed by atoms with van der Waals surface area (Å²) in [5.41, 5.74) is 0.827. The Morgan fingerprint density at radius 2 is 2.07 bits per heavy atom. The van der Waals surface area contributed by atoms with E-state index in [2.05, 4.69) is 17.2 Å². The minimum absolute atomic E-state index is 0.0488. The summed E-state index contributed by atoms with van der Waals surface area (Å²) in [6.45, 7) is 3.33. The third-order valence-electron chi connectivity index (χ3n) is 1.66. The zero-order chi connectivity index (χ0) is 11.1. The lowest BCUT2D eigenvalue weighted by Crippen LogP contribution is -2.05. The molecule has 15 heavy (non-hydrogen) atoms. The van der Waals surface area contributed by atoms with E-state index in [1.54, 1.807) is 11.8 Å². The van der Waals surface area contributed by atoms with Crippen LogP contribution in [0.3, 0.4) is 0 Å². The number of benzene rings is 1. The summed E-state index contributed by atoms with van der Waals surface area (Å²) in [7, 11) is 0. The largest absolute Gasteiger partial charge is 0.326 e. The lowest BCUT2D eigenvalue weighted by molar-refractivity contribution is -0.114. The minimum Gasteiger partial charge on any atom is -0.326 e. The van der Waals surface area contributed by atoms with E-state index in [0.29, 0.717) is 0 Å². The summed E-state index contributed by atoms with van der Waals surface area (Å²) in [5, 5.41) is 2.72. The summed E-state index contributed by atoms with van der Waals surface area (Å²) in [5.74, 6) is 6.59. The molecule has 0 saturated carbocycles. The van der Waals surface area contributed by atoms with E-state index in [0.717, 1.165) is 16.3 Å². The highest BCUT2D eigenvalue weighted by atomic mass is 32.2. The summed E-state index contributed by atoms with van der Waals surface area (Å²) in [6, 6.07) is 7.74. The highest BCUT2D eigenvalue weighted by Gasteiger charge is 1.95. The fourth-order valence-corrected chi connectivity index (χ4v) is 1.74. The van der Waals surface area contributed by atoms with Gasteiger partial charge in [0, 0.05) is 17.5 Å². The van der Waals surface area contributed by atoms with Gasteiger partial charge in [0.05, 0.1) is 5.75 Å². The maximum atomic E-state index is 10.8. The molecule has 0 bridgehead atoms. The molecule has 3 heteroatoms. The van der Waals surface area contributed by atoms with Crippen LogP contribution < -0.4 is 5.32 Å². The molecule has 0 saturated heterocycles. The highest BCUT2D eigenvalue weighted by molar-refractivity contribution is 7.99. The van der Waals surface area contributed by atoms with Gasteiger partial charge in [0.25, 0.3) is 0 Å². The van der Waals surface area contributed by atoms with Crippen LogP contribution in [-0.4, -0.2) is 11.7 Å². The molecular formula is C12H13NOS. The molecule has 0 atom stereocenters. The standard InChI is InChI=1S/C12H13NOS/c1-3-4-9-15-12-7-5-11(6-8-12)13-10(2)14/h5-8H,9H2,1-2H3,(H,13,14). The molecular weight excluding hydrogens is 206 g/mol. The van der Waals surface area contributed by atoms with E-state index >= 15 is 0 Å². The first kappa shape index (κ1) is 11.7. The Labute approximate surface area is 94.5 Å². The fourth-order valence-electron chi connectivity index (χ4n) is 1.03. The van der Waals surface area contributed by atoms with E-state index in [-0.39, 0.29) is 5.91 Å². The van der Waals surface area contributed by atoms with Gasteiger partial charge in [0.2, 0.25) is 5.91 Å². The third-order valence-corrected chi connectivity index (χ3v) is 2.56. The normalized spacial score (nSPS) is 8.93.